The molecule has 3 rings (SSSR count). The van der Waals surface area contributed by atoms with E-state index in [1.807, 2.05) is 0 Å². The molecule has 0 aromatic heterocycles. The third-order valence-corrected chi connectivity index (χ3v) is 7.79. The summed E-state index contributed by atoms with van der Waals surface area (Å²) in [4.78, 5) is 14.9. The fraction of sp³-hybridized carbons (Fsp3) is 0.667. The Morgan fingerprint density at radius 2 is 1.84 bits per heavy atom. The number of nitrogens with one attached hydrogen (secondary N) is 1. The van der Waals surface area contributed by atoms with Crippen molar-refractivity contribution in [3.05, 3.63) is 18.2 Å². The van der Waals surface area contributed by atoms with Crippen LogP contribution in [0, 0.1) is 5.92 Å². The van der Waals surface area contributed by atoms with E-state index in [0.717, 1.165) is 39.3 Å². The molecule has 2 aliphatic rings. The molecule has 0 atom stereocenters. The number of methoxy groups -OCH3 is 2. The van der Waals surface area contributed by atoms with Gasteiger partial charge in [0, 0.05) is 44.7 Å². The molecule has 0 saturated carbocycles. The Morgan fingerprint density at radius 3 is 2.48 bits per heavy atom. The van der Waals surface area contributed by atoms with Gasteiger partial charge in [-0.2, -0.15) is 4.31 Å². The zero-order valence-corrected chi connectivity index (χ0v) is 19.2. The van der Waals surface area contributed by atoms with Crippen molar-refractivity contribution >= 4 is 15.9 Å². The van der Waals surface area contributed by atoms with Gasteiger partial charge in [-0.25, -0.2) is 8.42 Å². The lowest BCUT2D eigenvalue weighted by molar-refractivity contribution is -0.126. The number of ether oxygens (including phenoxy) is 3. The van der Waals surface area contributed by atoms with Gasteiger partial charge in [0.15, 0.2) is 0 Å². The van der Waals surface area contributed by atoms with E-state index in [2.05, 4.69) is 10.2 Å². The SMILES string of the molecule is COc1ccc(OC)c(S(=O)(=O)N2CCC(C(=O)NCCCN3CCOCC3)CC2)c1. The maximum Gasteiger partial charge on any atom is 0.246 e. The van der Waals surface area contributed by atoms with Gasteiger partial charge in [-0.05, 0) is 37.9 Å². The van der Waals surface area contributed by atoms with E-state index in [4.69, 9.17) is 14.2 Å². The third kappa shape index (κ3) is 6.09. The molecule has 1 aromatic carbocycles. The number of benzene rings is 1. The molecule has 174 valence electrons. The quantitative estimate of drug-likeness (QED) is 0.554. The summed E-state index contributed by atoms with van der Waals surface area (Å²) >= 11 is 0. The highest BCUT2D eigenvalue weighted by Gasteiger charge is 2.34. The summed E-state index contributed by atoms with van der Waals surface area (Å²) in [5, 5.41) is 3.01. The summed E-state index contributed by atoms with van der Waals surface area (Å²) < 4.78 is 43.5. The van der Waals surface area contributed by atoms with E-state index < -0.39 is 10.0 Å². The molecule has 2 saturated heterocycles. The van der Waals surface area contributed by atoms with Gasteiger partial charge < -0.3 is 19.5 Å². The topological polar surface area (TPSA) is 97.4 Å². The van der Waals surface area contributed by atoms with E-state index in [1.165, 1.54) is 24.6 Å². The van der Waals surface area contributed by atoms with Crippen molar-refractivity contribution in [1.82, 2.24) is 14.5 Å². The summed E-state index contributed by atoms with van der Waals surface area (Å²) in [6, 6.07) is 4.72. The second-order valence-electron chi connectivity index (χ2n) is 7.79. The van der Waals surface area contributed by atoms with Crippen LogP contribution < -0.4 is 14.8 Å². The van der Waals surface area contributed by atoms with Crippen molar-refractivity contribution < 1.29 is 27.4 Å². The molecular formula is C21H33N3O6S. The number of sulfonamides is 1. The predicted octanol–water partition coefficient (Wildman–Crippen LogP) is 0.943. The number of morpholine rings is 1. The van der Waals surface area contributed by atoms with Crippen LogP contribution in [-0.4, -0.2) is 90.2 Å². The molecule has 0 spiro atoms. The molecule has 2 aliphatic heterocycles. The molecular weight excluding hydrogens is 422 g/mol. The summed E-state index contributed by atoms with van der Waals surface area (Å²) in [6.45, 7) is 5.62. The van der Waals surface area contributed by atoms with Crippen LogP contribution in [0.1, 0.15) is 19.3 Å². The molecule has 9 nitrogen and oxygen atoms in total. The number of nitrogens with zero attached hydrogens (tertiary/aromatic N) is 2. The minimum atomic E-state index is -3.74. The van der Waals surface area contributed by atoms with Gasteiger partial charge in [0.05, 0.1) is 27.4 Å². The minimum absolute atomic E-state index is 0.0120. The van der Waals surface area contributed by atoms with Crippen LogP contribution >= 0.6 is 0 Å². The van der Waals surface area contributed by atoms with Crippen molar-refractivity contribution in [1.29, 1.82) is 0 Å². The van der Waals surface area contributed by atoms with Gasteiger partial charge in [0.1, 0.15) is 16.4 Å². The molecule has 0 radical (unpaired) electrons. The maximum atomic E-state index is 13.1. The van der Waals surface area contributed by atoms with Crippen molar-refractivity contribution in [2.24, 2.45) is 5.92 Å². The first-order valence-electron chi connectivity index (χ1n) is 10.8. The van der Waals surface area contributed by atoms with Crippen molar-refractivity contribution in [2.75, 3.05) is 66.7 Å². The molecule has 0 aliphatic carbocycles. The Hall–Kier alpha value is -1.88. The second-order valence-corrected chi connectivity index (χ2v) is 9.70. The first kappa shape index (κ1) is 23.8. The second kappa shape index (κ2) is 11.1. The average Bonchev–Trinajstić information content (AvgIpc) is 2.82. The van der Waals surface area contributed by atoms with Crippen LogP contribution in [0.4, 0.5) is 0 Å². The number of carbonyl (C=O) groups excluding carboxylic acids is 1. The highest BCUT2D eigenvalue weighted by molar-refractivity contribution is 7.89. The predicted molar refractivity (Wildman–Crippen MR) is 116 cm³/mol. The third-order valence-electron chi connectivity index (χ3n) is 5.87. The van der Waals surface area contributed by atoms with Crippen molar-refractivity contribution in [2.45, 2.75) is 24.2 Å². The lowest BCUT2D eigenvalue weighted by Gasteiger charge is -2.31. The van der Waals surface area contributed by atoms with Gasteiger partial charge in [-0.1, -0.05) is 0 Å². The van der Waals surface area contributed by atoms with Crippen LogP contribution in [0.15, 0.2) is 23.1 Å². The molecule has 1 aromatic rings. The Labute approximate surface area is 184 Å². The first-order valence-corrected chi connectivity index (χ1v) is 12.2. The Morgan fingerprint density at radius 1 is 1.13 bits per heavy atom. The highest BCUT2D eigenvalue weighted by atomic mass is 32.2. The van der Waals surface area contributed by atoms with E-state index in [0.29, 0.717) is 38.2 Å². The minimum Gasteiger partial charge on any atom is -0.497 e. The Balaban J connectivity index is 1.48. The smallest absolute Gasteiger partial charge is 0.246 e. The lowest BCUT2D eigenvalue weighted by atomic mass is 9.97. The summed E-state index contributed by atoms with van der Waals surface area (Å²) in [7, 11) is -0.809. The van der Waals surface area contributed by atoms with Crippen LogP contribution in [-0.2, 0) is 19.6 Å². The van der Waals surface area contributed by atoms with Gasteiger partial charge in [-0.3, -0.25) is 9.69 Å². The summed E-state index contributed by atoms with van der Waals surface area (Å²) in [6.07, 6.45) is 1.90. The number of carbonyl (C=O) groups is 1. The van der Waals surface area contributed by atoms with Gasteiger partial charge in [0.2, 0.25) is 15.9 Å². The Bertz CT molecular complexity index is 834. The van der Waals surface area contributed by atoms with E-state index in [1.54, 1.807) is 12.1 Å². The largest absolute Gasteiger partial charge is 0.497 e. The summed E-state index contributed by atoms with van der Waals surface area (Å²) in [5.74, 6) is 0.576. The fourth-order valence-electron chi connectivity index (χ4n) is 3.97. The van der Waals surface area contributed by atoms with E-state index in [-0.39, 0.29) is 22.5 Å². The average molecular weight is 456 g/mol. The number of amides is 1. The standard InChI is InChI=1S/C21H33N3O6S/c1-28-18-4-5-19(29-2)20(16-18)31(26,27)24-10-6-17(7-11-24)21(25)22-8-3-9-23-12-14-30-15-13-23/h4-5,16-17H,3,6-15H2,1-2H3,(H,22,25). The molecule has 0 bridgehead atoms. The highest BCUT2D eigenvalue weighted by Crippen LogP contribution is 2.32. The van der Waals surface area contributed by atoms with Crippen LogP contribution in [0.5, 0.6) is 11.5 Å². The van der Waals surface area contributed by atoms with E-state index >= 15 is 0 Å². The zero-order valence-electron chi connectivity index (χ0n) is 18.3. The normalized spacial score (nSPS) is 19.2. The van der Waals surface area contributed by atoms with Crippen LogP contribution in [0.25, 0.3) is 0 Å². The van der Waals surface area contributed by atoms with Crippen molar-refractivity contribution in [3.63, 3.8) is 0 Å². The first-order chi connectivity index (χ1) is 15.0. The summed E-state index contributed by atoms with van der Waals surface area (Å²) in [5.41, 5.74) is 0. The van der Waals surface area contributed by atoms with Crippen LogP contribution in [0.3, 0.4) is 0 Å². The molecule has 10 heteroatoms. The van der Waals surface area contributed by atoms with E-state index in [9.17, 15) is 13.2 Å². The number of hydrogen-bond donors (Lipinski definition) is 1. The fourth-order valence-corrected chi connectivity index (χ4v) is 5.61. The zero-order chi connectivity index (χ0) is 22.3. The van der Waals surface area contributed by atoms with Crippen molar-refractivity contribution in [3.8, 4) is 11.5 Å². The molecule has 31 heavy (non-hydrogen) atoms. The van der Waals surface area contributed by atoms with Gasteiger partial charge >= 0.3 is 0 Å². The molecule has 2 heterocycles. The van der Waals surface area contributed by atoms with Gasteiger partial charge in [0.25, 0.3) is 0 Å². The maximum absolute atomic E-state index is 13.1. The molecule has 2 fully saturated rings. The molecule has 1 N–H and O–H groups in total. The Kier molecular flexibility index (Phi) is 8.53. The van der Waals surface area contributed by atoms with Crippen LogP contribution in [0.2, 0.25) is 0 Å². The van der Waals surface area contributed by atoms with Gasteiger partial charge in [-0.15, -0.1) is 0 Å². The molecule has 0 unspecified atom stereocenters. The lowest BCUT2D eigenvalue weighted by Crippen LogP contribution is -2.43. The number of piperidine rings is 1. The molecule has 1 amide bonds. The number of hydrogen-bond acceptors (Lipinski definition) is 7. The monoisotopic (exact) mass is 455 g/mol. The number of rotatable bonds is 9.